The van der Waals surface area contributed by atoms with Crippen LogP contribution in [-0.2, 0) is 31.9 Å². The van der Waals surface area contributed by atoms with Gasteiger partial charge < -0.3 is 19.1 Å². The summed E-state index contributed by atoms with van der Waals surface area (Å²) in [7, 11) is -2.00. The van der Waals surface area contributed by atoms with E-state index in [0.29, 0.717) is 30.9 Å². The van der Waals surface area contributed by atoms with E-state index in [4.69, 9.17) is 14.2 Å². The summed E-state index contributed by atoms with van der Waals surface area (Å²) in [6.07, 6.45) is 2.06. The summed E-state index contributed by atoms with van der Waals surface area (Å²) < 4.78 is 45.6. The average molecular weight is 552 g/mol. The van der Waals surface area contributed by atoms with E-state index in [0.717, 1.165) is 24.1 Å². The lowest BCUT2D eigenvalue weighted by molar-refractivity contribution is 0.0338. The highest BCUT2D eigenvalue weighted by Crippen LogP contribution is 2.34. The van der Waals surface area contributed by atoms with Crippen LogP contribution in [0.4, 0.5) is 4.79 Å². The fraction of sp³-hybridized carbons (Fsp3) is 0.379. The molecule has 2 saturated heterocycles. The zero-order valence-corrected chi connectivity index (χ0v) is 22.7. The van der Waals surface area contributed by atoms with Crippen molar-refractivity contribution in [3.05, 3.63) is 95.8 Å². The van der Waals surface area contributed by atoms with Crippen LogP contribution >= 0.6 is 0 Å². The Morgan fingerprint density at radius 1 is 0.974 bits per heavy atom. The number of methoxy groups -OCH3 is 1. The van der Waals surface area contributed by atoms with Crippen molar-refractivity contribution in [2.75, 3.05) is 26.7 Å². The van der Waals surface area contributed by atoms with Gasteiger partial charge in [-0.15, -0.1) is 0 Å². The van der Waals surface area contributed by atoms with Gasteiger partial charge in [0.05, 0.1) is 30.6 Å². The first-order valence-electron chi connectivity index (χ1n) is 13.1. The first-order valence-corrected chi connectivity index (χ1v) is 14.7. The van der Waals surface area contributed by atoms with Crippen LogP contribution in [0, 0.1) is 0 Å². The van der Waals surface area contributed by atoms with Crippen molar-refractivity contribution in [1.82, 2.24) is 14.2 Å². The van der Waals surface area contributed by atoms with Gasteiger partial charge in [-0.25, -0.2) is 13.2 Å². The number of pyridine rings is 1. The number of rotatable bonds is 9. The second-order valence-corrected chi connectivity index (χ2v) is 11.7. The number of benzene rings is 2. The number of aromatic nitrogens is 1. The summed E-state index contributed by atoms with van der Waals surface area (Å²) in [6, 6.07) is 21.9. The predicted molar refractivity (Wildman–Crippen MR) is 145 cm³/mol. The van der Waals surface area contributed by atoms with Crippen molar-refractivity contribution in [3.8, 4) is 5.75 Å². The van der Waals surface area contributed by atoms with Crippen molar-refractivity contribution in [2.24, 2.45) is 0 Å². The van der Waals surface area contributed by atoms with Crippen molar-refractivity contribution >= 4 is 16.1 Å². The first kappa shape index (κ1) is 27.1. The lowest BCUT2D eigenvalue weighted by atomic mass is 10.1. The highest BCUT2D eigenvalue weighted by atomic mass is 32.2. The zero-order valence-electron chi connectivity index (χ0n) is 21.9. The molecular weight excluding hydrogens is 518 g/mol. The van der Waals surface area contributed by atoms with Gasteiger partial charge in [-0.2, -0.15) is 4.31 Å². The lowest BCUT2D eigenvalue weighted by Crippen LogP contribution is -2.32. The van der Waals surface area contributed by atoms with Crippen LogP contribution < -0.4 is 4.74 Å². The number of ether oxygens (including phenoxy) is 3. The number of hydrogen-bond acceptors (Lipinski definition) is 7. The van der Waals surface area contributed by atoms with Crippen LogP contribution in [0.25, 0.3) is 0 Å². The Morgan fingerprint density at radius 2 is 1.74 bits per heavy atom. The van der Waals surface area contributed by atoms with Crippen LogP contribution in [0.3, 0.4) is 0 Å². The summed E-state index contributed by atoms with van der Waals surface area (Å²) in [4.78, 5) is 18.6. The Morgan fingerprint density at radius 3 is 2.51 bits per heavy atom. The van der Waals surface area contributed by atoms with E-state index >= 15 is 0 Å². The van der Waals surface area contributed by atoms with E-state index < -0.39 is 22.2 Å². The molecule has 3 unspecified atom stereocenters. The highest BCUT2D eigenvalue weighted by molar-refractivity contribution is 7.88. The molecule has 10 heteroatoms. The van der Waals surface area contributed by atoms with Crippen LogP contribution in [0.5, 0.6) is 5.75 Å². The maximum Gasteiger partial charge on any atom is 0.410 e. The number of carbonyl (C=O) groups excluding carboxylic acids is 1. The van der Waals surface area contributed by atoms with Gasteiger partial charge >= 0.3 is 6.09 Å². The fourth-order valence-electron chi connectivity index (χ4n) is 5.16. The quantitative estimate of drug-likeness (QED) is 0.394. The Hall–Kier alpha value is -3.47. The summed E-state index contributed by atoms with van der Waals surface area (Å²) >= 11 is 0. The maximum absolute atomic E-state index is 13.4. The molecule has 1 amide bonds. The SMILES string of the molecule is COC1CN(C(=O)OCc2ccccc2)CC1Oc1cccc(CS(=O)(=O)N2CCCC2c2ccccn2)c1. The van der Waals surface area contributed by atoms with Crippen LogP contribution in [-0.4, -0.2) is 67.7 Å². The highest BCUT2D eigenvalue weighted by Gasteiger charge is 2.38. The number of nitrogens with zero attached hydrogens (tertiary/aromatic N) is 3. The van der Waals surface area contributed by atoms with E-state index in [1.807, 2.05) is 48.5 Å². The minimum absolute atomic E-state index is 0.135. The third-order valence-electron chi connectivity index (χ3n) is 7.11. The van der Waals surface area contributed by atoms with E-state index in [2.05, 4.69) is 4.98 Å². The fourth-order valence-corrected chi connectivity index (χ4v) is 6.94. The van der Waals surface area contributed by atoms with E-state index in [-0.39, 0.29) is 24.5 Å². The van der Waals surface area contributed by atoms with Crippen molar-refractivity contribution in [3.63, 3.8) is 0 Å². The average Bonchev–Trinajstić information content (AvgIpc) is 3.61. The van der Waals surface area contributed by atoms with Crippen molar-refractivity contribution < 1.29 is 27.4 Å². The van der Waals surface area contributed by atoms with Crippen molar-refractivity contribution in [1.29, 1.82) is 0 Å². The molecule has 2 aromatic carbocycles. The van der Waals surface area contributed by atoms with Gasteiger partial charge in [0.2, 0.25) is 10.0 Å². The van der Waals surface area contributed by atoms with Crippen LogP contribution in [0.15, 0.2) is 79.0 Å². The molecule has 2 fully saturated rings. The van der Waals surface area contributed by atoms with E-state index in [1.165, 1.54) is 0 Å². The van der Waals surface area contributed by atoms with Gasteiger partial charge in [0.15, 0.2) is 0 Å². The van der Waals surface area contributed by atoms with Gasteiger partial charge in [-0.1, -0.05) is 48.5 Å². The molecular formula is C29H33N3O6S. The third kappa shape index (κ3) is 6.58. The third-order valence-corrected chi connectivity index (χ3v) is 8.96. The Kier molecular flexibility index (Phi) is 8.44. The zero-order chi connectivity index (χ0) is 27.2. The van der Waals surface area contributed by atoms with Gasteiger partial charge in [-0.05, 0) is 48.2 Å². The van der Waals surface area contributed by atoms with Crippen LogP contribution in [0.1, 0.15) is 35.7 Å². The molecule has 0 radical (unpaired) electrons. The summed E-state index contributed by atoms with van der Waals surface area (Å²) in [5.41, 5.74) is 2.31. The van der Waals surface area contributed by atoms with Gasteiger partial charge in [0.1, 0.15) is 24.6 Å². The predicted octanol–water partition coefficient (Wildman–Crippen LogP) is 4.16. The Labute approximate surface area is 229 Å². The molecule has 3 aromatic rings. The molecule has 0 bridgehead atoms. The summed E-state index contributed by atoms with van der Waals surface area (Å²) in [5, 5.41) is 0. The molecule has 39 heavy (non-hydrogen) atoms. The minimum atomic E-state index is -3.58. The first-order chi connectivity index (χ1) is 18.9. The molecule has 5 rings (SSSR count). The molecule has 0 N–H and O–H groups in total. The monoisotopic (exact) mass is 551 g/mol. The molecule has 0 aliphatic carbocycles. The maximum atomic E-state index is 13.4. The number of amides is 1. The van der Waals surface area contributed by atoms with Gasteiger partial charge in [0.25, 0.3) is 0 Å². The molecule has 0 saturated carbocycles. The Balaban J connectivity index is 1.21. The van der Waals surface area contributed by atoms with Gasteiger partial charge in [-0.3, -0.25) is 4.98 Å². The molecule has 0 spiro atoms. The molecule has 206 valence electrons. The molecule has 9 nitrogen and oxygen atoms in total. The molecule has 3 atom stereocenters. The van der Waals surface area contributed by atoms with Gasteiger partial charge in [0, 0.05) is 19.9 Å². The number of likely N-dealkylation sites (tertiary alicyclic amines) is 1. The lowest BCUT2D eigenvalue weighted by Gasteiger charge is -2.24. The standard InChI is InChI=1S/C29H33N3O6S/c1-36-27-18-31(29(33)37-20-22-9-3-2-4-10-22)19-28(27)38-24-12-7-11-23(17-24)21-39(34,35)32-16-8-14-26(32)25-13-5-6-15-30-25/h2-7,9-13,15,17,26-28H,8,14,16,18-21H2,1H3. The molecule has 3 heterocycles. The minimum Gasteiger partial charge on any atom is -0.486 e. The van der Waals surface area contributed by atoms with Crippen LogP contribution in [0.2, 0.25) is 0 Å². The molecule has 2 aliphatic heterocycles. The summed E-state index contributed by atoms with van der Waals surface area (Å²) in [6.45, 7) is 1.31. The molecule has 1 aromatic heterocycles. The number of hydrogen-bond donors (Lipinski definition) is 0. The smallest absolute Gasteiger partial charge is 0.410 e. The number of sulfonamides is 1. The van der Waals surface area contributed by atoms with E-state index in [9.17, 15) is 13.2 Å². The number of carbonyl (C=O) groups is 1. The largest absolute Gasteiger partial charge is 0.486 e. The second kappa shape index (κ2) is 12.1. The summed E-state index contributed by atoms with van der Waals surface area (Å²) in [5.74, 6) is 0.390. The second-order valence-electron chi connectivity index (χ2n) is 9.80. The Bertz CT molecular complexity index is 1360. The van der Waals surface area contributed by atoms with E-state index in [1.54, 1.807) is 46.8 Å². The normalized spacial score (nSPS) is 21.7. The molecule has 2 aliphatic rings. The topological polar surface area (TPSA) is 98.3 Å². The van der Waals surface area contributed by atoms with Crippen molar-refractivity contribution in [2.45, 2.75) is 43.5 Å².